The number of carbonyl (C=O) groups excluding carboxylic acids is 1. The molecule has 0 aliphatic carbocycles. The fourth-order valence-electron chi connectivity index (χ4n) is 3.40. The fraction of sp³-hybridized carbons (Fsp3) is 0.286. The van der Waals surface area contributed by atoms with Gasteiger partial charge in [-0.25, -0.2) is 9.78 Å². The molecule has 1 aliphatic heterocycles. The van der Waals surface area contributed by atoms with Crippen LogP contribution in [0.2, 0.25) is 0 Å². The first-order chi connectivity index (χ1) is 14.2. The second-order valence-electron chi connectivity index (χ2n) is 6.67. The molecular formula is C21H23N5O3. The summed E-state index contributed by atoms with van der Waals surface area (Å²) in [7, 11) is 1.64. The van der Waals surface area contributed by atoms with E-state index in [1.54, 1.807) is 35.5 Å². The third-order valence-electron chi connectivity index (χ3n) is 4.84. The molecule has 3 heterocycles. The minimum absolute atomic E-state index is 0.0705. The summed E-state index contributed by atoms with van der Waals surface area (Å²) in [6.45, 7) is 4.18. The van der Waals surface area contributed by atoms with Crippen LogP contribution in [0.15, 0.2) is 48.9 Å². The quantitative estimate of drug-likeness (QED) is 0.666. The van der Waals surface area contributed by atoms with Gasteiger partial charge in [0.1, 0.15) is 17.3 Å². The van der Waals surface area contributed by atoms with Crippen LogP contribution in [0.25, 0.3) is 11.1 Å². The van der Waals surface area contributed by atoms with E-state index in [0.717, 1.165) is 22.4 Å². The number of aromatic nitrogens is 3. The summed E-state index contributed by atoms with van der Waals surface area (Å²) in [5.74, 6) is 2.04. The van der Waals surface area contributed by atoms with E-state index in [0.29, 0.717) is 37.8 Å². The molecule has 1 aliphatic rings. The normalized spacial score (nSPS) is 13.8. The second-order valence-corrected chi connectivity index (χ2v) is 6.67. The molecule has 1 N–H and O–H groups in total. The van der Waals surface area contributed by atoms with E-state index in [4.69, 9.17) is 9.47 Å². The molecule has 0 unspecified atom stereocenters. The SMILES string of the molecule is CCOc1cc(N2CCN(Cc3cccc(OC)c3)C2=O)ncc1-c1cn[nH]c1. The maximum Gasteiger partial charge on any atom is 0.326 e. The molecule has 2 aromatic heterocycles. The number of hydrogen-bond acceptors (Lipinski definition) is 5. The van der Waals surface area contributed by atoms with Gasteiger partial charge in [0, 0.05) is 49.2 Å². The zero-order valence-corrected chi connectivity index (χ0v) is 16.5. The van der Waals surface area contributed by atoms with Crippen LogP contribution < -0.4 is 14.4 Å². The second kappa shape index (κ2) is 8.22. The van der Waals surface area contributed by atoms with Crippen LogP contribution in [0.5, 0.6) is 11.5 Å². The van der Waals surface area contributed by atoms with Gasteiger partial charge < -0.3 is 14.4 Å². The molecule has 1 aromatic carbocycles. The Bertz CT molecular complexity index is 990. The van der Waals surface area contributed by atoms with E-state index in [9.17, 15) is 4.79 Å². The number of carbonyl (C=O) groups is 1. The summed E-state index contributed by atoms with van der Waals surface area (Å²) in [6.07, 6.45) is 5.23. The summed E-state index contributed by atoms with van der Waals surface area (Å²) >= 11 is 0. The Morgan fingerprint density at radius 1 is 1.21 bits per heavy atom. The minimum atomic E-state index is -0.0705. The molecule has 0 bridgehead atoms. The monoisotopic (exact) mass is 393 g/mol. The number of nitrogens with zero attached hydrogens (tertiary/aromatic N) is 4. The van der Waals surface area contributed by atoms with E-state index in [1.165, 1.54) is 0 Å². The van der Waals surface area contributed by atoms with Crippen molar-refractivity contribution >= 4 is 11.8 Å². The number of benzene rings is 1. The summed E-state index contributed by atoms with van der Waals surface area (Å²) in [4.78, 5) is 21.0. The van der Waals surface area contributed by atoms with Crippen molar-refractivity contribution in [2.45, 2.75) is 13.5 Å². The first kappa shape index (κ1) is 18.8. The lowest BCUT2D eigenvalue weighted by molar-refractivity contribution is 0.218. The molecular weight excluding hydrogens is 370 g/mol. The lowest BCUT2D eigenvalue weighted by Gasteiger charge is -2.19. The van der Waals surface area contributed by atoms with E-state index < -0.39 is 0 Å². The number of rotatable bonds is 7. The summed E-state index contributed by atoms with van der Waals surface area (Å²) in [5.41, 5.74) is 2.75. The molecule has 0 spiro atoms. The molecule has 8 nitrogen and oxygen atoms in total. The Labute approximate surface area is 169 Å². The number of anilines is 1. The van der Waals surface area contributed by atoms with Crippen molar-refractivity contribution in [3.8, 4) is 22.6 Å². The van der Waals surface area contributed by atoms with Gasteiger partial charge in [-0.05, 0) is 24.6 Å². The molecule has 1 saturated heterocycles. The average molecular weight is 393 g/mol. The topological polar surface area (TPSA) is 83.6 Å². The summed E-state index contributed by atoms with van der Waals surface area (Å²) in [6, 6.07) is 9.50. The summed E-state index contributed by atoms with van der Waals surface area (Å²) < 4.78 is 11.1. The van der Waals surface area contributed by atoms with Gasteiger partial charge in [0.25, 0.3) is 0 Å². The third-order valence-corrected chi connectivity index (χ3v) is 4.84. The molecule has 150 valence electrons. The van der Waals surface area contributed by atoms with Gasteiger partial charge in [-0.3, -0.25) is 10.00 Å². The molecule has 2 amide bonds. The number of amides is 2. The number of nitrogens with one attached hydrogen (secondary N) is 1. The zero-order valence-electron chi connectivity index (χ0n) is 16.5. The van der Waals surface area contributed by atoms with Crippen LogP contribution in [-0.4, -0.2) is 52.9 Å². The molecule has 0 saturated carbocycles. The number of urea groups is 1. The molecule has 1 fully saturated rings. The van der Waals surface area contributed by atoms with E-state index in [2.05, 4.69) is 15.2 Å². The van der Waals surface area contributed by atoms with Gasteiger partial charge in [0.15, 0.2) is 0 Å². The third kappa shape index (κ3) is 3.87. The Morgan fingerprint density at radius 2 is 2.10 bits per heavy atom. The van der Waals surface area contributed by atoms with Gasteiger partial charge in [0.05, 0.1) is 19.9 Å². The Hall–Kier alpha value is -3.55. The molecule has 3 aromatic rings. The molecule has 29 heavy (non-hydrogen) atoms. The highest BCUT2D eigenvalue weighted by atomic mass is 16.5. The summed E-state index contributed by atoms with van der Waals surface area (Å²) in [5, 5.41) is 6.78. The van der Waals surface area contributed by atoms with E-state index >= 15 is 0 Å². The predicted molar refractivity (Wildman–Crippen MR) is 109 cm³/mol. The first-order valence-electron chi connectivity index (χ1n) is 9.51. The highest BCUT2D eigenvalue weighted by molar-refractivity contribution is 5.93. The van der Waals surface area contributed by atoms with Crippen molar-refractivity contribution in [3.63, 3.8) is 0 Å². The molecule has 8 heteroatoms. The van der Waals surface area contributed by atoms with Gasteiger partial charge in [-0.1, -0.05) is 12.1 Å². The average Bonchev–Trinajstić information content (AvgIpc) is 3.39. The Kier molecular flexibility index (Phi) is 5.33. The standard InChI is InChI=1S/C21H23N5O3/c1-3-29-19-10-20(22-13-18(19)16-11-23-24-12-16)26-8-7-25(21(26)27)14-15-5-4-6-17(9-15)28-2/h4-6,9-13H,3,7-8,14H2,1-2H3,(H,23,24). The van der Waals surface area contributed by atoms with Crippen molar-refractivity contribution in [1.29, 1.82) is 0 Å². The number of aromatic amines is 1. The Morgan fingerprint density at radius 3 is 2.86 bits per heavy atom. The van der Waals surface area contributed by atoms with Crippen molar-refractivity contribution in [2.24, 2.45) is 0 Å². The number of ether oxygens (including phenoxy) is 2. The highest BCUT2D eigenvalue weighted by Crippen LogP contribution is 2.33. The van der Waals surface area contributed by atoms with Crippen LogP contribution in [0.3, 0.4) is 0 Å². The number of H-pyrrole nitrogens is 1. The van der Waals surface area contributed by atoms with Gasteiger partial charge >= 0.3 is 6.03 Å². The highest BCUT2D eigenvalue weighted by Gasteiger charge is 2.31. The van der Waals surface area contributed by atoms with Crippen molar-refractivity contribution < 1.29 is 14.3 Å². The smallest absolute Gasteiger partial charge is 0.326 e. The minimum Gasteiger partial charge on any atom is -0.497 e. The predicted octanol–water partition coefficient (Wildman–Crippen LogP) is 3.32. The first-order valence-corrected chi connectivity index (χ1v) is 9.51. The number of hydrogen-bond donors (Lipinski definition) is 1. The van der Waals surface area contributed by atoms with Gasteiger partial charge in [0.2, 0.25) is 0 Å². The Balaban J connectivity index is 1.54. The largest absolute Gasteiger partial charge is 0.497 e. The van der Waals surface area contributed by atoms with E-state index in [1.807, 2.05) is 37.3 Å². The van der Waals surface area contributed by atoms with E-state index in [-0.39, 0.29) is 6.03 Å². The van der Waals surface area contributed by atoms with Crippen molar-refractivity contribution in [2.75, 3.05) is 31.7 Å². The van der Waals surface area contributed by atoms with Gasteiger partial charge in [-0.2, -0.15) is 5.10 Å². The molecule has 0 radical (unpaired) electrons. The van der Waals surface area contributed by atoms with Crippen molar-refractivity contribution in [3.05, 3.63) is 54.5 Å². The maximum atomic E-state index is 13.0. The fourth-order valence-corrected chi connectivity index (χ4v) is 3.40. The molecule has 0 atom stereocenters. The number of methoxy groups -OCH3 is 1. The van der Waals surface area contributed by atoms with Crippen LogP contribution in [0.1, 0.15) is 12.5 Å². The van der Waals surface area contributed by atoms with Crippen LogP contribution >= 0.6 is 0 Å². The van der Waals surface area contributed by atoms with Crippen LogP contribution in [0.4, 0.5) is 10.6 Å². The lowest BCUT2D eigenvalue weighted by atomic mass is 10.1. The zero-order chi connectivity index (χ0) is 20.2. The molecule has 4 rings (SSSR count). The van der Waals surface area contributed by atoms with Crippen LogP contribution in [-0.2, 0) is 6.54 Å². The maximum absolute atomic E-state index is 13.0. The van der Waals surface area contributed by atoms with Crippen LogP contribution in [0, 0.1) is 0 Å². The van der Waals surface area contributed by atoms with Crippen molar-refractivity contribution in [1.82, 2.24) is 20.1 Å². The van der Waals surface area contributed by atoms with Gasteiger partial charge in [-0.15, -0.1) is 0 Å². The number of pyridine rings is 1. The lowest BCUT2D eigenvalue weighted by Crippen LogP contribution is -2.32.